The second-order valence-corrected chi connectivity index (χ2v) is 6.31. The van der Waals surface area contributed by atoms with E-state index in [4.69, 9.17) is 27.4 Å². The van der Waals surface area contributed by atoms with E-state index in [0.717, 1.165) is 12.1 Å². The Morgan fingerprint density at radius 2 is 1.52 bits per heavy atom. The topological polar surface area (TPSA) is 86.5 Å². The van der Waals surface area contributed by atoms with Gasteiger partial charge in [-0.25, -0.2) is 0 Å². The molecule has 0 aliphatic heterocycles. The largest absolute Gasteiger partial charge is 0.379 e. The molecule has 0 aliphatic carbocycles. The number of nitro benzene ring substituents is 1. The number of hydrogen-bond donors (Lipinski definition) is 0. The van der Waals surface area contributed by atoms with Gasteiger partial charge in [-0.1, -0.05) is 23.2 Å². The quantitative estimate of drug-likeness (QED) is 0.478. The van der Waals surface area contributed by atoms with Crippen LogP contribution in [-0.4, -0.2) is 13.3 Å². The van der Waals surface area contributed by atoms with Gasteiger partial charge >= 0.3 is 10.1 Å². The summed E-state index contributed by atoms with van der Waals surface area (Å²) in [5.74, 6) is -0.0586. The van der Waals surface area contributed by atoms with Crippen LogP contribution >= 0.6 is 23.2 Å². The molecule has 0 saturated heterocycles. The van der Waals surface area contributed by atoms with E-state index in [-0.39, 0.29) is 26.4 Å². The van der Waals surface area contributed by atoms with Crippen LogP contribution in [0.1, 0.15) is 0 Å². The number of benzene rings is 2. The molecule has 0 heterocycles. The van der Waals surface area contributed by atoms with Gasteiger partial charge in [-0.3, -0.25) is 10.1 Å². The van der Waals surface area contributed by atoms with Crippen LogP contribution in [0.25, 0.3) is 0 Å². The summed E-state index contributed by atoms with van der Waals surface area (Å²) in [5.41, 5.74) is -0.175. The van der Waals surface area contributed by atoms with Crippen molar-refractivity contribution in [3.8, 4) is 5.75 Å². The Hall–Kier alpha value is -1.83. The first kappa shape index (κ1) is 15.6. The van der Waals surface area contributed by atoms with Crippen LogP contribution in [0, 0.1) is 10.1 Å². The number of hydrogen-bond acceptors (Lipinski definition) is 5. The molecule has 0 atom stereocenters. The molecule has 9 heteroatoms. The highest BCUT2D eigenvalue weighted by molar-refractivity contribution is 7.87. The van der Waals surface area contributed by atoms with Gasteiger partial charge in [-0.05, 0) is 30.3 Å². The number of rotatable bonds is 4. The minimum absolute atomic E-state index is 0.0586. The molecule has 2 rings (SSSR count). The van der Waals surface area contributed by atoms with Crippen molar-refractivity contribution in [1.29, 1.82) is 0 Å². The molecule has 0 amide bonds. The molecule has 0 spiro atoms. The van der Waals surface area contributed by atoms with E-state index in [9.17, 15) is 18.5 Å². The standard InChI is InChI=1S/C12H7Cl2NO5S/c13-8-5-9(14)7-12(6-8)21(18,19)20-11-3-1-10(2-4-11)15(16)17/h1-7H. The third-order valence-electron chi connectivity index (χ3n) is 2.38. The zero-order chi connectivity index (χ0) is 15.6. The van der Waals surface area contributed by atoms with E-state index < -0.39 is 15.0 Å². The summed E-state index contributed by atoms with van der Waals surface area (Å²) in [4.78, 5) is 9.70. The molecule has 2 aromatic carbocycles. The Balaban J connectivity index is 2.30. The lowest BCUT2D eigenvalue weighted by Crippen LogP contribution is -2.09. The van der Waals surface area contributed by atoms with Crippen LogP contribution in [0.5, 0.6) is 5.75 Å². The predicted octanol–water partition coefficient (Wildman–Crippen LogP) is 3.67. The molecule has 2 aromatic rings. The fourth-order valence-electron chi connectivity index (χ4n) is 1.47. The van der Waals surface area contributed by atoms with Crippen molar-refractivity contribution in [3.05, 3.63) is 62.6 Å². The molecule has 0 radical (unpaired) electrons. The fraction of sp³-hybridized carbons (Fsp3) is 0. The highest BCUT2D eigenvalue weighted by atomic mass is 35.5. The summed E-state index contributed by atoms with van der Waals surface area (Å²) in [7, 11) is -4.13. The zero-order valence-electron chi connectivity index (χ0n) is 10.2. The lowest BCUT2D eigenvalue weighted by Gasteiger charge is -2.07. The first-order valence-corrected chi connectivity index (χ1v) is 7.59. The van der Waals surface area contributed by atoms with Crippen LogP contribution in [0.15, 0.2) is 47.4 Å². The van der Waals surface area contributed by atoms with Crippen LogP contribution in [0.4, 0.5) is 5.69 Å². The minimum Gasteiger partial charge on any atom is -0.379 e. The number of halogens is 2. The van der Waals surface area contributed by atoms with E-state index in [1.165, 1.54) is 30.3 Å². The summed E-state index contributed by atoms with van der Waals surface area (Å²) in [5, 5.41) is 10.8. The normalized spacial score (nSPS) is 11.1. The second kappa shape index (κ2) is 5.88. The maximum Gasteiger partial charge on any atom is 0.339 e. The molecule has 21 heavy (non-hydrogen) atoms. The van der Waals surface area contributed by atoms with Gasteiger partial charge in [0.15, 0.2) is 0 Å². The van der Waals surface area contributed by atoms with Crippen LogP contribution in [0.3, 0.4) is 0 Å². The monoisotopic (exact) mass is 347 g/mol. The lowest BCUT2D eigenvalue weighted by molar-refractivity contribution is -0.384. The Morgan fingerprint density at radius 1 is 1.00 bits per heavy atom. The summed E-state index contributed by atoms with van der Waals surface area (Å²) in [6.07, 6.45) is 0. The molecule has 0 aliphatic rings. The van der Waals surface area contributed by atoms with Crippen molar-refractivity contribution in [2.24, 2.45) is 0 Å². The van der Waals surface area contributed by atoms with Gasteiger partial charge in [0.1, 0.15) is 10.6 Å². The average Bonchev–Trinajstić information content (AvgIpc) is 2.37. The summed E-state index contributed by atoms with van der Waals surface area (Å²) < 4.78 is 29.0. The van der Waals surface area contributed by atoms with Gasteiger partial charge in [0.05, 0.1) is 4.92 Å². The molecule has 6 nitrogen and oxygen atoms in total. The summed E-state index contributed by atoms with van der Waals surface area (Å²) in [6, 6.07) is 8.39. The Labute approximate surface area is 130 Å². The molecule has 0 unspecified atom stereocenters. The highest BCUT2D eigenvalue weighted by Crippen LogP contribution is 2.26. The Kier molecular flexibility index (Phi) is 4.36. The smallest absolute Gasteiger partial charge is 0.339 e. The van der Waals surface area contributed by atoms with Gasteiger partial charge in [0, 0.05) is 22.2 Å². The van der Waals surface area contributed by atoms with Gasteiger partial charge in [-0.15, -0.1) is 0 Å². The average molecular weight is 348 g/mol. The molecule has 0 saturated carbocycles. The lowest BCUT2D eigenvalue weighted by atomic mass is 10.3. The first-order chi connectivity index (χ1) is 9.78. The summed E-state index contributed by atoms with van der Waals surface area (Å²) >= 11 is 11.5. The van der Waals surface area contributed by atoms with E-state index in [0.29, 0.717) is 0 Å². The van der Waals surface area contributed by atoms with Gasteiger partial charge in [0.2, 0.25) is 0 Å². The summed E-state index contributed by atoms with van der Waals surface area (Å²) in [6.45, 7) is 0. The molecule has 0 bridgehead atoms. The minimum atomic E-state index is -4.13. The van der Waals surface area contributed by atoms with Gasteiger partial charge in [-0.2, -0.15) is 8.42 Å². The van der Waals surface area contributed by atoms with Crippen molar-refractivity contribution >= 4 is 39.0 Å². The second-order valence-electron chi connectivity index (χ2n) is 3.89. The van der Waals surface area contributed by atoms with Crippen molar-refractivity contribution < 1.29 is 17.5 Å². The van der Waals surface area contributed by atoms with Crippen LogP contribution in [0.2, 0.25) is 10.0 Å². The van der Waals surface area contributed by atoms with Crippen LogP contribution < -0.4 is 4.18 Å². The number of nitro groups is 1. The van der Waals surface area contributed by atoms with Crippen molar-refractivity contribution in [2.45, 2.75) is 4.90 Å². The maximum atomic E-state index is 12.1. The van der Waals surface area contributed by atoms with Crippen molar-refractivity contribution in [3.63, 3.8) is 0 Å². The third-order valence-corrected chi connectivity index (χ3v) is 4.04. The van der Waals surface area contributed by atoms with Crippen LogP contribution in [-0.2, 0) is 10.1 Å². The fourth-order valence-corrected chi connectivity index (χ4v) is 3.13. The molecule has 110 valence electrons. The van der Waals surface area contributed by atoms with Crippen molar-refractivity contribution in [1.82, 2.24) is 0 Å². The molecule has 0 aromatic heterocycles. The number of non-ortho nitro benzene ring substituents is 1. The molecular formula is C12H7Cl2NO5S. The predicted molar refractivity (Wildman–Crippen MR) is 77.4 cm³/mol. The Morgan fingerprint density at radius 3 is 2.00 bits per heavy atom. The SMILES string of the molecule is O=[N+]([O-])c1ccc(OS(=O)(=O)c2cc(Cl)cc(Cl)c2)cc1. The van der Waals surface area contributed by atoms with Gasteiger partial charge in [0.25, 0.3) is 5.69 Å². The Bertz CT molecular complexity index is 770. The highest BCUT2D eigenvalue weighted by Gasteiger charge is 2.18. The van der Waals surface area contributed by atoms with E-state index in [1.54, 1.807) is 0 Å². The van der Waals surface area contributed by atoms with Gasteiger partial charge < -0.3 is 4.18 Å². The molecule has 0 fully saturated rings. The van der Waals surface area contributed by atoms with E-state index >= 15 is 0 Å². The van der Waals surface area contributed by atoms with E-state index in [2.05, 4.69) is 0 Å². The van der Waals surface area contributed by atoms with E-state index in [1.807, 2.05) is 0 Å². The molecule has 0 N–H and O–H groups in total. The molecular weight excluding hydrogens is 341 g/mol. The first-order valence-electron chi connectivity index (χ1n) is 5.43. The zero-order valence-corrected chi connectivity index (χ0v) is 12.5. The maximum absolute atomic E-state index is 12.1. The van der Waals surface area contributed by atoms with Crippen molar-refractivity contribution in [2.75, 3.05) is 0 Å². The number of nitrogens with zero attached hydrogens (tertiary/aromatic N) is 1. The third kappa shape index (κ3) is 3.84.